The molecule has 3 rings (SSSR count). The summed E-state index contributed by atoms with van der Waals surface area (Å²) in [5.74, 6) is 2.01. The monoisotopic (exact) mass is 374 g/mol. The van der Waals surface area contributed by atoms with Crippen LogP contribution in [-0.2, 0) is 4.79 Å². The Morgan fingerprint density at radius 1 is 1.15 bits per heavy atom. The van der Waals surface area contributed by atoms with Crippen LogP contribution in [0.25, 0.3) is 0 Å². The second-order valence-electron chi connectivity index (χ2n) is 8.26. The number of hydrogen-bond acceptors (Lipinski definition) is 6. The van der Waals surface area contributed by atoms with Gasteiger partial charge in [-0.05, 0) is 32.2 Å². The van der Waals surface area contributed by atoms with E-state index < -0.39 is 0 Å². The summed E-state index contributed by atoms with van der Waals surface area (Å²) in [6.45, 7) is 11.0. The molecule has 0 atom stereocenters. The second-order valence-corrected chi connectivity index (χ2v) is 8.26. The van der Waals surface area contributed by atoms with Crippen molar-refractivity contribution in [1.29, 1.82) is 0 Å². The molecule has 7 nitrogen and oxygen atoms in total. The third-order valence-electron chi connectivity index (χ3n) is 5.70. The smallest absolute Gasteiger partial charge is 0.223 e. The molecule has 2 fully saturated rings. The predicted octanol–water partition coefficient (Wildman–Crippen LogP) is 1.61. The minimum absolute atomic E-state index is 0.130. The van der Waals surface area contributed by atoms with Crippen molar-refractivity contribution in [3.05, 3.63) is 12.5 Å². The number of carbonyl (C=O) groups is 1. The van der Waals surface area contributed by atoms with Gasteiger partial charge < -0.3 is 20.0 Å². The first-order valence-corrected chi connectivity index (χ1v) is 10.3. The highest BCUT2D eigenvalue weighted by Gasteiger charge is 2.28. The number of nitrogens with one attached hydrogen (secondary N) is 1. The number of carbonyl (C=O) groups excluding carboxylic acids is 1. The molecule has 1 aromatic heterocycles. The number of aromatic nitrogens is 2. The van der Waals surface area contributed by atoms with E-state index in [9.17, 15) is 4.79 Å². The zero-order valence-corrected chi connectivity index (χ0v) is 17.0. The van der Waals surface area contributed by atoms with Gasteiger partial charge in [0, 0.05) is 51.7 Å². The fraction of sp³-hybridized carbons (Fsp3) is 0.750. The van der Waals surface area contributed by atoms with E-state index in [1.807, 2.05) is 6.20 Å². The summed E-state index contributed by atoms with van der Waals surface area (Å²) in [5.41, 5.74) is 1.11. The summed E-state index contributed by atoms with van der Waals surface area (Å²) >= 11 is 0. The molecule has 0 saturated carbocycles. The number of likely N-dealkylation sites (N-methyl/N-ethyl adjacent to an activating group) is 1. The van der Waals surface area contributed by atoms with Crippen LogP contribution in [0.5, 0.6) is 0 Å². The van der Waals surface area contributed by atoms with Crippen LogP contribution in [0.1, 0.15) is 33.1 Å². The highest BCUT2D eigenvalue weighted by atomic mass is 16.1. The largest absolute Gasteiger partial charge is 0.367 e. The molecule has 27 heavy (non-hydrogen) atoms. The molecular formula is C20H34N6O. The fourth-order valence-corrected chi connectivity index (χ4v) is 3.81. The summed E-state index contributed by atoms with van der Waals surface area (Å²) < 4.78 is 0. The van der Waals surface area contributed by atoms with Gasteiger partial charge >= 0.3 is 0 Å². The highest BCUT2D eigenvalue weighted by Crippen LogP contribution is 2.30. The molecule has 0 bridgehead atoms. The van der Waals surface area contributed by atoms with Gasteiger partial charge in [-0.25, -0.2) is 9.97 Å². The van der Waals surface area contributed by atoms with E-state index in [1.165, 1.54) is 0 Å². The number of rotatable bonds is 6. The molecule has 2 aliphatic rings. The number of hydrogen-bond donors (Lipinski definition) is 1. The summed E-state index contributed by atoms with van der Waals surface area (Å²) in [4.78, 5) is 28.3. The van der Waals surface area contributed by atoms with Crippen LogP contribution in [0.15, 0.2) is 12.5 Å². The van der Waals surface area contributed by atoms with Crippen molar-refractivity contribution >= 4 is 17.4 Å². The summed E-state index contributed by atoms with van der Waals surface area (Å²) in [7, 11) is 2.16. The Hall–Kier alpha value is -1.89. The lowest BCUT2D eigenvalue weighted by atomic mass is 9.95. The maximum absolute atomic E-state index is 12.4. The Balaban J connectivity index is 1.56. The lowest BCUT2D eigenvalue weighted by Crippen LogP contribution is -2.46. The molecular weight excluding hydrogens is 340 g/mol. The number of nitrogens with zero attached hydrogens (tertiary/aromatic N) is 5. The van der Waals surface area contributed by atoms with Gasteiger partial charge in [-0.2, -0.15) is 0 Å². The van der Waals surface area contributed by atoms with E-state index in [0.29, 0.717) is 5.92 Å². The fourth-order valence-electron chi connectivity index (χ4n) is 3.81. The summed E-state index contributed by atoms with van der Waals surface area (Å²) in [6.07, 6.45) is 6.41. The zero-order valence-electron chi connectivity index (χ0n) is 17.0. The normalized spacial score (nSPS) is 19.6. The van der Waals surface area contributed by atoms with Crippen LogP contribution < -0.4 is 15.1 Å². The minimum atomic E-state index is 0.130. The van der Waals surface area contributed by atoms with E-state index in [4.69, 9.17) is 0 Å². The van der Waals surface area contributed by atoms with Crippen molar-refractivity contribution in [1.82, 2.24) is 20.2 Å². The van der Waals surface area contributed by atoms with Crippen molar-refractivity contribution in [2.24, 2.45) is 11.8 Å². The summed E-state index contributed by atoms with van der Waals surface area (Å²) in [6, 6.07) is 0. The predicted molar refractivity (Wildman–Crippen MR) is 109 cm³/mol. The Morgan fingerprint density at radius 3 is 2.52 bits per heavy atom. The standard InChI is InChI=1S/C20H34N6O/c1-16(2)4-7-22-20(27)17-5-8-25(9-6-17)18-14-21-15-23-19(18)26-12-10-24(3)11-13-26/h14-17H,4-13H2,1-3H3,(H,22,27). The Bertz CT molecular complexity index is 606. The van der Waals surface area contributed by atoms with Crippen LogP contribution in [0.4, 0.5) is 11.5 Å². The minimum Gasteiger partial charge on any atom is -0.367 e. The maximum atomic E-state index is 12.4. The van der Waals surface area contributed by atoms with Crippen LogP contribution in [-0.4, -0.2) is 73.6 Å². The average Bonchev–Trinajstić information content (AvgIpc) is 2.68. The lowest BCUT2D eigenvalue weighted by Gasteiger charge is -2.38. The van der Waals surface area contributed by atoms with Crippen LogP contribution in [0, 0.1) is 11.8 Å². The van der Waals surface area contributed by atoms with Gasteiger partial charge in [0.15, 0.2) is 5.82 Å². The van der Waals surface area contributed by atoms with Crippen molar-refractivity contribution in [2.75, 3.05) is 62.7 Å². The number of piperazine rings is 1. The molecule has 150 valence electrons. The van der Waals surface area contributed by atoms with Gasteiger partial charge in [0.25, 0.3) is 0 Å². The first-order valence-electron chi connectivity index (χ1n) is 10.3. The quantitative estimate of drug-likeness (QED) is 0.816. The molecule has 1 N–H and O–H groups in total. The Labute approximate surface area is 163 Å². The van der Waals surface area contributed by atoms with Crippen molar-refractivity contribution < 1.29 is 4.79 Å². The molecule has 2 aliphatic heterocycles. The van der Waals surface area contributed by atoms with E-state index in [1.54, 1.807) is 6.33 Å². The van der Waals surface area contributed by atoms with Crippen LogP contribution >= 0.6 is 0 Å². The SMILES string of the molecule is CC(C)CCNC(=O)C1CCN(c2cncnc2N2CCN(C)CC2)CC1. The van der Waals surface area contributed by atoms with Gasteiger partial charge in [0.05, 0.1) is 11.9 Å². The third kappa shape index (κ3) is 5.31. The number of amides is 1. The molecule has 7 heteroatoms. The third-order valence-corrected chi connectivity index (χ3v) is 5.70. The van der Waals surface area contributed by atoms with Gasteiger partial charge in [0.2, 0.25) is 5.91 Å². The van der Waals surface area contributed by atoms with Crippen molar-refractivity contribution in [2.45, 2.75) is 33.1 Å². The summed E-state index contributed by atoms with van der Waals surface area (Å²) in [5, 5.41) is 3.11. The number of piperidine rings is 1. The molecule has 2 saturated heterocycles. The lowest BCUT2D eigenvalue weighted by molar-refractivity contribution is -0.125. The molecule has 1 amide bonds. The molecule has 1 aromatic rings. The Kier molecular flexibility index (Phi) is 6.88. The van der Waals surface area contributed by atoms with Gasteiger partial charge in [0.1, 0.15) is 6.33 Å². The number of anilines is 2. The van der Waals surface area contributed by atoms with Gasteiger partial charge in [-0.3, -0.25) is 4.79 Å². The Morgan fingerprint density at radius 2 is 1.85 bits per heavy atom. The first kappa shape index (κ1) is 19.9. The van der Waals surface area contributed by atoms with Crippen LogP contribution in [0.3, 0.4) is 0 Å². The maximum Gasteiger partial charge on any atom is 0.223 e. The average molecular weight is 375 g/mol. The molecule has 0 spiro atoms. The topological polar surface area (TPSA) is 64.6 Å². The molecule has 0 aliphatic carbocycles. The van der Waals surface area contributed by atoms with E-state index >= 15 is 0 Å². The van der Waals surface area contributed by atoms with E-state index in [-0.39, 0.29) is 11.8 Å². The van der Waals surface area contributed by atoms with E-state index in [2.05, 4.69) is 50.9 Å². The van der Waals surface area contributed by atoms with E-state index in [0.717, 1.165) is 76.6 Å². The van der Waals surface area contributed by atoms with Gasteiger partial charge in [-0.1, -0.05) is 13.8 Å². The van der Waals surface area contributed by atoms with Crippen molar-refractivity contribution in [3.63, 3.8) is 0 Å². The molecule has 3 heterocycles. The molecule has 0 aromatic carbocycles. The molecule has 0 radical (unpaired) electrons. The van der Waals surface area contributed by atoms with Crippen LogP contribution in [0.2, 0.25) is 0 Å². The second kappa shape index (κ2) is 9.35. The zero-order chi connectivity index (χ0) is 19.2. The van der Waals surface area contributed by atoms with Crippen molar-refractivity contribution in [3.8, 4) is 0 Å². The molecule has 0 unspecified atom stereocenters. The first-order chi connectivity index (χ1) is 13.0. The van der Waals surface area contributed by atoms with Gasteiger partial charge in [-0.15, -0.1) is 0 Å². The highest BCUT2D eigenvalue weighted by molar-refractivity contribution is 5.79.